The fraction of sp³-hybridized carbons (Fsp3) is 0.700. The molecule has 0 spiro atoms. The Bertz CT molecular complexity index is 429. The zero-order valence-electron chi connectivity index (χ0n) is 10.2. The number of carboxylic acid groups (broad SMARTS) is 1. The Morgan fingerprint density at radius 1 is 1.50 bits per heavy atom. The molecule has 0 aromatic carbocycles. The summed E-state index contributed by atoms with van der Waals surface area (Å²) in [5.74, 6) is -1.03. The quantitative estimate of drug-likeness (QED) is 0.505. The highest BCUT2D eigenvalue weighted by Gasteiger charge is 2.10. The molecule has 0 atom stereocenters. The summed E-state index contributed by atoms with van der Waals surface area (Å²) in [5.41, 5.74) is -0.297. The molecule has 0 amide bonds. The second-order valence-electron chi connectivity index (χ2n) is 3.70. The van der Waals surface area contributed by atoms with E-state index >= 15 is 0 Å². The van der Waals surface area contributed by atoms with E-state index in [0.717, 1.165) is 31.0 Å². The summed E-state index contributed by atoms with van der Waals surface area (Å²) in [7, 11) is 1.65. The first-order valence-electron chi connectivity index (χ1n) is 5.64. The number of carboxylic acids is 1. The number of rotatable bonds is 9. The van der Waals surface area contributed by atoms with E-state index in [1.807, 2.05) is 0 Å². The number of aromatic nitrogens is 3. The highest BCUT2D eigenvalue weighted by atomic mass is 32.2. The molecular weight excluding hydrogens is 258 g/mol. The van der Waals surface area contributed by atoms with Crippen LogP contribution in [0, 0.1) is 0 Å². The fourth-order valence-electron chi connectivity index (χ4n) is 1.43. The molecule has 7 nitrogen and oxygen atoms in total. The molecule has 18 heavy (non-hydrogen) atoms. The predicted molar refractivity (Wildman–Crippen MR) is 66.9 cm³/mol. The van der Waals surface area contributed by atoms with E-state index in [1.54, 1.807) is 7.11 Å². The molecule has 0 radical (unpaired) electrons. The Balaban J connectivity index is 2.45. The number of nitrogens with one attached hydrogen (secondary N) is 1. The Morgan fingerprint density at radius 2 is 2.28 bits per heavy atom. The van der Waals surface area contributed by atoms with Crippen LogP contribution in [0.5, 0.6) is 0 Å². The van der Waals surface area contributed by atoms with Gasteiger partial charge in [-0.25, -0.2) is 9.89 Å². The third-order valence-electron chi connectivity index (χ3n) is 2.28. The molecule has 1 heterocycles. The SMILES string of the molecule is COCCCCCn1c(SCC(=O)O)n[nH]c1=O. The molecule has 0 aliphatic heterocycles. The van der Waals surface area contributed by atoms with Crippen LogP contribution < -0.4 is 5.69 Å². The van der Waals surface area contributed by atoms with Crippen molar-refractivity contribution in [3.05, 3.63) is 10.5 Å². The minimum atomic E-state index is -0.929. The van der Waals surface area contributed by atoms with Gasteiger partial charge in [0.1, 0.15) is 0 Å². The van der Waals surface area contributed by atoms with Gasteiger partial charge in [-0.1, -0.05) is 11.8 Å². The maximum Gasteiger partial charge on any atom is 0.343 e. The minimum Gasteiger partial charge on any atom is -0.481 e. The van der Waals surface area contributed by atoms with Gasteiger partial charge in [0.2, 0.25) is 0 Å². The number of thioether (sulfide) groups is 1. The van der Waals surface area contributed by atoms with Crippen LogP contribution in [0.25, 0.3) is 0 Å². The number of H-pyrrole nitrogens is 1. The zero-order valence-corrected chi connectivity index (χ0v) is 11.0. The molecule has 0 bridgehead atoms. The van der Waals surface area contributed by atoms with Crippen molar-refractivity contribution in [3.63, 3.8) is 0 Å². The van der Waals surface area contributed by atoms with Crippen LogP contribution in [0.15, 0.2) is 9.95 Å². The highest BCUT2D eigenvalue weighted by Crippen LogP contribution is 2.13. The first kappa shape index (κ1) is 14.8. The lowest BCUT2D eigenvalue weighted by Gasteiger charge is -2.04. The molecule has 2 N–H and O–H groups in total. The summed E-state index contributed by atoms with van der Waals surface area (Å²) in [6.45, 7) is 1.25. The molecule has 102 valence electrons. The van der Waals surface area contributed by atoms with Gasteiger partial charge in [0.15, 0.2) is 5.16 Å². The van der Waals surface area contributed by atoms with Gasteiger partial charge in [-0.15, -0.1) is 5.10 Å². The van der Waals surface area contributed by atoms with Crippen molar-refractivity contribution < 1.29 is 14.6 Å². The second-order valence-corrected chi connectivity index (χ2v) is 4.64. The Hall–Kier alpha value is -1.28. The predicted octanol–water partition coefficient (Wildman–Crippen LogP) is 0.565. The Morgan fingerprint density at radius 3 is 2.94 bits per heavy atom. The molecule has 1 aromatic rings. The number of carbonyl (C=O) groups is 1. The average molecular weight is 275 g/mol. The summed E-state index contributed by atoms with van der Waals surface area (Å²) >= 11 is 1.04. The van der Waals surface area contributed by atoms with Crippen molar-refractivity contribution >= 4 is 17.7 Å². The topological polar surface area (TPSA) is 97.2 Å². The largest absolute Gasteiger partial charge is 0.481 e. The van der Waals surface area contributed by atoms with Gasteiger partial charge in [-0.05, 0) is 19.3 Å². The van der Waals surface area contributed by atoms with Gasteiger partial charge in [0.05, 0.1) is 5.75 Å². The fourth-order valence-corrected chi connectivity index (χ4v) is 2.12. The van der Waals surface area contributed by atoms with Crippen molar-refractivity contribution in [1.29, 1.82) is 0 Å². The van der Waals surface area contributed by atoms with Crippen molar-refractivity contribution in [2.24, 2.45) is 0 Å². The van der Waals surface area contributed by atoms with Gasteiger partial charge in [0, 0.05) is 20.3 Å². The molecule has 0 aliphatic carbocycles. The lowest BCUT2D eigenvalue weighted by atomic mass is 10.2. The normalized spacial score (nSPS) is 10.7. The maximum atomic E-state index is 11.5. The van der Waals surface area contributed by atoms with Crippen LogP contribution in [-0.2, 0) is 16.1 Å². The van der Waals surface area contributed by atoms with E-state index in [1.165, 1.54) is 4.57 Å². The lowest BCUT2D eigenvalue weighted by molar-refractivity contribution is -0.133. The number of methoxy groups -OCH3 is 1. The van der Waals surface area contributed by atoms with Crippen LogP contribution in [-0.4, -0.2) is 45.3 Å². The average Bonchev–Trinajstić information content (AvgIpc) is 2.68. The first-order chi connectivity index (χ1) is 8.65. The standard InChI is InChI=1S/C10H17N3O4S/c1-17-6-4-2-3-5-13-9(16)11-12-10(13)18-7-8(14)15/h2-7H2,1H3,(H,11,16)(H,14,15). The molecule has 0 unspecified atom stereocenters. The number of unbranched alkanes of at least 4 members (excludes halogenated alkanes) is 2. The molecule has 0 fully saturated rings. The van der Waals surface area contributed by atoms with Crippen molar-refractivity contribution in [3.8, 4) is 0 Å². The molecule has 0 aliphatic rings. The lowest BCUT2D eigenvalue weighted by Crippen LogP contribution is -2.18. The monoisotopic (exact) mass is 275 g/mol. The van der Waals surface area contributed by atoms with E-state index in [9.17, 15) is 9.59 Å². The van der Waals surface area contributed by atoms with E-state index in [0.29, 0.717) is 18.3 Å². The minimum absolute atomic E-state index is 0.103. The van der Waals surface area contributed by atoms with Gasteiger partial charge in [-0.2, -0.15) is 0 Å². The van der Waals surface area contributed by atoms with Crippen LogP contribution in [0.1, 0.15) is 19.3 Å². The van der Waals surface area contributed by atoms with Gasteiger partial charge < -0.3 is 9.84 Å². The summed E-state index contributed by atoms with van der Waals surface area (Å²) < 4.78 is 6.41. The van der Waals surface area contributed by atoms with Gasteiger partial charge >= 0.3 is 11.7 Å². The highest BCUT2D eigenvalue weighted by molar-refractivity contribution is 7.99. The number of hydrogen-bond acceptors (Lipinski definition) is 5. The molecule has 1 aromatic heterocycles. The summed E-state index contributed by atoms with van der Waals surface area (Å²) in [5, 5.41) is 15.1. The summed E-state index contributed by atoms with van der Waals surface area (Å²) in [6.07, 6.45) is 2.73. The molecule has 0 saturated carbocycles. The van der Waals surface area contributed by atoms with Crippen LogP contribution in [0.4, 0.5) is 0 Å². The molecule has 8 heteroatoms. The van der Waals surface area contributed by atoms with E-state index in [-0.39, 0.29) is 11.4 Å². The third-order valence-corrected chi connectivity index (χ3v) is 3.24. The smallest absolute Gasteiger partial charge is 0.343 e. The van der Waals surface area contributed by atoms with Gasteiger partial charge in [0.25, 0.3) is 0 Å². The number of aliphatic carboxylic acids is 1. The second kappa shape index (κ2) is 7.93. The molecule has 0 saturated heterocycles. The van der Waals surface area contributed by atoms with Crippen molar-refractivity contribution in [2.75, 3.05) is 19.5 Å². The van der Waals surface area contributed by atoms with E-state index < -0.39 is 5.97 Å². The van der Waals surface area contributed by atoms with Crippen LogP contribution in [0.2, 0.25) is 0 Å². The van der Waals surface area contributed by atoms with Crippen LogP contribution in [0.3, 0.4) is 0 Å². The number of nitrogens with zero attached hydrogens (tertiary/aromatic N) is 2. The van der Waals surface area contributed by atoms with Crippen molar-refractivity contribution in [2.45, 2.75) is 31.0 Å². The van der Waals surface area contributed by atoms with E-state index in [2.05, 4.69) is 10.2 Å². The van der Waals surface area contributed by atoms with Crippen molar-refractivity contribution in [1.82, 2.24) is 14.8 Å². The molecular formula is C10H17N3O4S. The summed E-state index contributed by atoms with van der Waals surface area (Å²) in [4.78, 5) is 21.9. The first-order valence-corrected chi connectivity index (χ1v) is 6.62. The maximum absolute atomic E-state index is 11.5. The van der Waals surface area contributed by atoms with Gasteiger partial charge in [-0.3, -0.25) is 9.36 Å². The van der Waals surface area contributed by atoms with Crippen LogP contribution >= 0.6 is 11.8 Å². The molecule has 1 rings (SSSR count). The Kier molecular flexibility index (Phi) is 6.51. The Labute approximate surface area is 109 Å². The zero-order chi connectivity index (χ0) is 13.4. The summed E-state index contributed by atoms with van der Waals surface area (Å²) in [6, 6.07) is 0. The third kappa shape index (κ3) is 4.92. The number of ether oxygens (including phenoxy) is 1. The van der Waals surface area contributed by atoms with E-state index in [4.69, 9.17) is 9.84 Å². The number of hydrogen-bond donors (Lipinski definition) is 2. The number of aromatic amines is 1.